The summed E-state index contributed by atoms with van der Waals surface area (Å²) in [6.07, 6.45) is 0.767. The summed E-state index contributed by atoms with van der Waals surface area (Å²) in [7, 11) is 0. The summed E-state index contributed by atoms with van der Waals surface area (Å²) in [4.78, 5) is 12.1. The zero-order chi connectivity index (χ0) is 14.0. The normalized spacial score (nSPS) is 12.3. The van der Waals surface area contributed by atoms with E-state index in [-0.39, 0.29) is 11.4 Å². The molecule has 0 unspecified atom stereocenters. The van der Waals surface area contributed by atoms with Crippen LogP contribution in [0.3, 0.4) is 0 Å². The first-order valence-corrected chi connectivity index (χ1v) is 6.50. The number of hydrogen-bond donors (Lipinski definition) is 0. The van der Waals surface area contributed by atoms with E-state index < -0.39 is 5.41 Å². The van der Waals surface area contributed by atoms with Gasteiger partial charge in [-0.3, -0.25) is 4.79 Å². The van der Waals surface area contributed by atoms with Crippen molar-refractivity contribution in [3.63, 3.8) is 0 Å². The fourth-order valence-corrected chi connectivity index (χ4v) is 1.56. The fraction of sp³-hybridized carbons (Fsp3) is 0.562. The molecule has 0 radical (unpaired) electrons. The van der Waals surface area contributed by atoms with E-state index in [1.165, 1.54) is 0 Å². The Morgan fingerprint density at radius 3 is 2.17 bits per heavy atom. The van der Waals surface area contributed by atoms with Crippen LogP contribution in [0.2, 0.25) is 0 Å². The molecule has 0 aliphatic carbocycles. The number of ether oxygens (including phenoxy) is 1. The number of rotatable bonds is 3. The van der Waals surface area contributed by atoms with Crippen LogP contribution < -0.4 is 4.74 Å². The first-order valence-electron chi connectivity index (χ1n) is 6.50. The highest BCUT2D eigenvalue weighted by molar-refractivity contribution is 5.78. The van der Waals surface area contributed by atoms with Crippen LogP contribution in [-0.2, 0) is 10.2 Å². The van der Waals surface area contributed by atoms with Crippen molar-refractivity contribution in [2.75, 3.05) is 0 Å². The van der Waals surface area contributed by atoms with Gasteiger partial charge in [0, 0.05) is 5.56 Å². The Bertz CT molecular complexity index is 425. The van der Waals surface area contributed by atoms with Crippen molar-refractivity contribution in [3.05, 3.63) is 29.8 Å². The Kier molecular flexibility index (Phi) is 4.20. The molecule has 0 aromatic heterocycles. The lowest BCUT2D eigenvalue weighted by atomic mass is 9.86. The average molecular weight is 248 g/mol. The summed E-state index contributed by atoms with van der Waals surface area (Å²) in [5, 5.41) is 0. The molecule has 1 aromatic rings. The van der Waals surface area contributed by atoms with Gasteiger partial charge in [-0.25, -0.2) is 0 Å². The summed E-state index contributed by atoms with van der Waals surface area (Å²) in [6, 6.07) is 7.76. The molecular weight excluding hydrogens is 224 g/mol. The van der Waals surface area contributed by atoms with Crippen molar-refractivity contribution in [3.8, 4) is 5.75 Å². The Hall–Kier alpha value is -1.31. The molecule has 0 atom stereocenters. The summed E-state index contributed by atoms with van der Waals surface area (Å²) in [5.74, 6) is 0.512. The predicted molar refractivity (Wildman–Crippen MR) is 74.8 cm³/mol. The van der Waals surface area contributed by atoms with Crippen molar-refractivity contribution in [1.29, 1.82) is 0 Å². The van der Waals surface area contributed by atoms with E-state index in [9.17, 15) is 4.79 Å². The van der Waals surface area contributed by atoms with Gasteiger partial charge in [0.1, 0.15) is 5.75 Å². The van der Waals surface area contributed by atoms with Gasteiger partial charge < -0.3 is 4.74 Å². The number of hydrogen-bond acceptors (Lipinski definition) is 2. The van der Waals surface area contributed by atoms with Gasteiger partial charge in [0.25, 0.3) is 0 Å². The Balaban J connectivity index is 3.03. The first-order chi connectivity index (χ1) is 8.18. The number of carbonyl (C=O) groups excluding carboxylic acids is 1. The number of benzene rings is 1. The maximum atomic E-state index is 12.1. The first kappa shape index (κ1) is 14.7. The molecule has 0 heterocycles. The number of carbonyl (C=O) groups is 1. The lowest BCUT2D eigenvalue weighted by molar-refractivity contribution is -0.144. The topological polar surface area (TPSA) is 26.3 Å². The third kappa shape index (κ3) is 3.34. The molecule has 0 saturated carbocycles. The summed E-state index contributed by atoms with van der Waals surface area (Å²) >= 11 is 0. The van der Waals surface area contributed by atoms with Crippen molar-refractivity contribution in [1.82, 2.24) is 0 Å². The number of para-hydroxylation sites is 1. The van der Waals surface area contributed by atoms with Crippen LogP contribution in [-0.4, -0.2) is 5.97 Å². The Morgan fingerprint density at radius 1 is 1.11 bits per heavy atom. The smallest absolute Gasteiger partial charge is 0.316 e. The molecule has 0 aliphatic rings. The third-order valence-corrected chi connectivity index (χ3v) is 3.33. The van der Waals surface area contributed by atoms with Gasteiger partial charge in [-0.05, 0) is 31.7 Å². The van der Waals surface area contributed by atoms with E-state index >= 15 is 0 Å². The summed E-state index contributed by atoms with van der Waals surface area (Å²) < 4.78 is 5.59. The van der Waals surface area contributed by atoms with E-state index in [0.717, 1.165) is 12.0 Å². The fourth-order valence-electron chi connectivity index (χ4n) is 1.56. The lowest BCUT2D eigenvalue weighted by Crippen LogP contribution is -2.29. The third-order valence-electron chi connectivity index (χ3n) is 3.33. The quantitative estimate of drug-likeness (QED) is 0.588. The monoisotopic (exact) mass is 248 g/mol. The van der Waals surface area contributed by atoms with Crippen molar-refractivity contribution >= 4 is 5.97 Å². The van der Waals surface area contributed by atoms with Gasteiger partial charge in [0.15, 0.2) is 0 Å². The van der Waals surface area contributed by atoms with Crippen molar-refractivity contribution in [2.45, 2.75) is 53.4 Å². The van der Waals surface area contributed by atoms with Crippen molar-refractivity contribution < 1.29 is 9.53 Å². The van der Waals surface area contributed by atoms with E-state index in [2.05, 4.69) is 20.8 Å². The largest absolute Gasteiger partial charge is 0.426 e. The second-order valence-corrected chi connectivity index (χ2v) is 6.37. The molecule has 0 N–H and O–H groups in total. The molecule has 0 aliphatic heterocycles. The Labute approximate surface area is 110 Å². The van der Waals surface area contributed by atoms with Crippen molar-refractivity contribution in [2.24, 2.45) is 5.41 Å². The molecule has 0 saturated heterocycles. The molecule has 2 heteroatoms. The molecule has 0 fully saturated rings. The highest BCUT2D eigenvalue weighted by atomic mass is 16.5. The summed E-state index contributed by atoms with van der Waals surface area (Å²) in [6.45, 7) is 12.2. The zero-order valence-electron chi connectivity index (χ0n) is 12.3. The van der Waals surface area contributed by atoms with Crippen LogP contribution in [0.15, 0.2) is 24.3 Å². The second kappa shape index (κ2) is 5.13. The van der Waals surface area contributed by atoms with E-state index in [1.807, 2.05) is 45.0 Å². The second-order valence-electron chi connectivity index (χ2n) is 6.37. The van der Waals surface area contributed by atoms with E-state index in [1.54, 1.807) is 0 Å². The minimum Gasteiger partial charge on any atom is -0.426 e. The van der Waals surface area contributed by atoms with Crippen LogP contribution >= 0.6 is 0 Å². The highest BCUT2D eigenvalue weighted by Crippen LogP contribution is 2.32. The van der Waals surface area contributed by atoms with Gasteiger partial charge in [-0.15, -0.1) is 0 Å². The van der Waals surface area contributed by atoms with Crippen LogP contribution in [0.1, 0.15) is 53.5 Å². The SMILES string of the molecule is CCC(C)(C)C(=O)Oc1ccccc1C(C)(C)C. The summed E-state index contributed by atoms with van der Waals surface area (Å²) in [5.41, 5.74) is 0.586. The predicted octanol–water partition coefficient (Wildman–Crippen LogP) is 4.33. The molecular formula is C16H24O2. The molecule has 0 amide bonds. The van der Waals surface area contributed by atoms with E-state index in [4.69, 9.17) is 4.74 Å². The van der Waals surface area contributed by atoms with Gasteiger partial charge in [-0.1, -0.05) is 45.9 Å². The molecule has 2 nitrogen and oxygen atoms in total. The highest BCUT2D eigenvalue weighted by Gasteiger charge is 2.29. The average Bonchev–Trinajstić information content (AvgIpc) is 2.28. The molecule has 1 rings (SSSR count). The lowest BCUT2D eigenvalue weighted by Gasteiger charge is -2.25. The molecule has 18 heavy (non-hydrogen) atoms. The van der Waals surface area contributed by atoms with E-state index in [0.29, 0.717) is 5.75 Å². The number of esters is 1. The molecule has 1 aromatic carbocycles. The minimum absolute atomic E-state index is 0.0345. The van der Waals surface area contributed by atoms with Crippen LogP contribution in [0, 0.1) is 5.41 Å². The molecule has 0 spiro atoms. The van der Waals surface area contributed by atoms with Gasteiger partial charge >= 0.3 is 5.97 Å². The maximum absolute atomic E-state index is 12.1. The van der Waals surface area contributed by atoms with Gasteiger partial charge in [0.2, 0.25) is 0 Å². The molecule has 100 valence electrons. The molecule has 0 bridgehead atoms. The van der Waals surface area contributed by atoms with Gasteiger partial charge in [0.05, 0.1) is 5.41 Å². The maximum Gasteiger partial charge on any atom is 0.316 e. The van der Waals surface area contributed by atoms with Crippen LogP contribution in [0.4, 0.5) is 0 Å². The van der Waals surface area contributed by atoms with Crippen LogP contribution in [0.5, 0.6) is 5.75 Å². The van der Waals surface area contributed by atoms with Gasteiger partial charge in [-0.2, -0.15) is 0 Å². The minimum atomic E-state index is -0.439. The zero-order valence-corrected chi connectivity index (χ0v) is 12.3. The van der Waals surface area contributed by atoms with Crippen LogP contribution in [0.25, 0.3) is 0 Å². The Morgan fingerprint density at radius 2 is 1.67 bits per heavy atom. The standard InChI is InChI=1S/C16H24O2/c1-7-16(5,6)14(17)18-13-11-9-8-10-12(13)15(2,3)4/h8-11H,7H2,1-6H3.